The Morgan fingerprint density at radius 1 is 0.521 bits per heavy atom. The van der Waals surface area contributed by atoms with Gasteiger partial charge in [0.1, 0.15) is 18.3 Å². The second-order valence-corrected chi connectivity index (χ2v) is 16.3. The molecule has 0 bridgehead atoms. The molecule has 0 radical (unpaired) electrons. The summed E-state index contributed by atoms with van der Waals surface area (Å²) in [5.41, 5.74) is 0. The number of carbonyl (C=O) groups is 3. The van der Waals surface area contributed by atoms with Crippen molar-refractivity contribution in [1.82, 2.24) is 14.7 Å². The van der Waals surface area contributed by atoms with Crippen LogP contribution < -0.4 is 0 Å². The van der Waals surface area contributed by atoms with Gasteiger partial charge in [0.15, 0.2) is 17.3 Å². The second-order valence-electron chi connectivity index (χ2n) is 13.7. The maximum absolute atomic E-state index is 12.8. The van der Waals surface area contributed by atoms with Crippen LogP contribution in [0.25, 0.3) is 0 Å². The number of ketones is 3. The van der Waals surface area contributed by atoms with E-state index in [9.17, 15) is 14.4 Å². The lowest BCUT2D eigenvalue weighted by Gasteiger charge is -2.42. The number of nitrogens with zero attached hydrogens (tertiary/aromatic N) is 3. The van der Waals surface area contributed by atoms with Gasteiger partial charge >= 0.3 is 0 Å². The fourth-order valence-corrected chi connectivity index (χ4v) is 6.37. The Balaban J connectivity index is 2.91. The first-order chi connectivity index (χ1) is 22.9. The maximum atomic E-state index is 12.8. The number of hydrogen-bond donors (Lipinski definition) is 3. The van der Waals surface area contributed by atoms with Crippen molar-refractivity contribution in [3.63, 3.8) is 0 Å². The normalized spacial score (nSPS) is 18.7. The number of rotatable bonds is 30. The molecule has 1 aliphatic heterocycles. The zero-order valence-electron chi connectivity index (χ0n) is 30.9. The summed E-state index contributed by atoms with van der Waals surface area (Å²) in [6.07, 6.45) is 8.14. The van der Waals surface area contributed by atoms with Gasteiger partial charge in [0.05, 0.1) is 39.8 Å². The van der Waals surface area contributed by atoms with Crippen LogP contribution in [0.15, 0.2) is 0 Å². The number of carbonyl (C=O) groups excluding carboxylic acids is 3. The van der Waals surface area contributed by atoms with E-state index in [1.807, 2.05) is 20.8 Å². The van der Waals surface area contributed by atoms with Gasteiger partial charge in [-0.25, -0.2) is 0 Å². The zero-order chi connectivity index (χ0) is 35.9. The van der Waals surface area contributed by atoms with Crippen LogP contribution in [-0.4, -0.2) is 126 Å². The van der Waals surface area contributed by atoms with E-state index in [1.165, 1.54) is 0 Å². The summed E-state index contributed by atoms with van der Waals surface area (Å²) >= 11 is 13.3. The lowest BCUT2D eigenvalue weighted by atomic mass is 10.0. The first-order valence-electron chi connectivity index (χ1n) is 18.5. The van der Waals surface area contributed by atoms with Crippen LogP contribution >= 0.6 is 37.9 Å². The highest BCUT2D eigenvalue weighted by Gasteiger charge is 2.27. The van der Waals surface area contributed by atoms with Crippen molar-refractivity contribution in [1.29, 1.82) is 0 Å². The molecule has 6 atom stereocenters. The van der Waals surface area contributed by atoms with Crippen molar-refractivity contribution in [3.8, 4) is 0 Å². The summed E-state index contributed by atoms with van der Waals surface area (Å²) in [5, 5.41) is 0.0283. The third-order valence-electron chi connectivity index (χ3n) is 8.41. The molecule has 1 saturated heterocycles. The first kappa shape index (κ1) is 45.8. The molecule has 1 fully saturated rings. The number of Topliss-reactive ketones (excluding diaryl/α,β-unsaturated/α-hetero) is 3. The molecule has 282 valence electrons. The third-order valence-corrected chi connectivity index (χ3v) is 8.95. The highest BCUT2D eigenvalue weighted by Crippen LogP contribution is 2.16. The number of unbranched alkanes of at least 4 members (excludes halogenated alkanes) is 3. The molecule has 1 rings (SSSR count). The van der Waals surface area contributed by atoms with Crippen LogP contribution in [0, 0.1) is 0 Å². The molecule has 0 N–H and O–H groups in total. The van der Waals surface area contributed by atoms with Crippen molar-refractivity contribution in [2.75, 3.05) is 59.5 Å². The van der Waals surface area contributed by atoms with Crippen LogP contribution in [0.3, 0.4) is 0 Å². The van der Waals surface area contributed by atoms with Crippen molar-refractivity contribution in [3.05, 3.63) is 0 Å². The molecule has 9 nitrogen and oxygen atoms in total. The van der Waals surface area contributed by atoms with E-state index >= 15 is 0 Å². The van der Waals surface area contributed by atoms with Gasteiger partial charge in [0.2, 0.25) is 0 Å². The minimum Gasteiger partial charge on any atom is -0.369 e. The van der Waals surface area contributed by atoms with Crippen molar-refractivity contribution in [2.45, 2.75) is 153 Å². The van der Waals surface area contributed by atoms with E-state index in [-0.39, 0.29) is 33.1 Å². The SMILES string of the molecule is CCCCC(OCCN1CN(CCOC(CCCC)C(=O)CC(C)S)CN(CCOC(CCCC)C(=O)CC(C)S)C1)C(=O)CC(C)S. The van der Waals surface area contributed by atoms with E-state index in [0.717, 1.165) is 77.8 Å². The molecule has 1 heterocycles. The molecular formula is C36H69N3O6S3. The molecule has 48 heavy (non-hydrogen) atoms. The summed E-state index contributed by atoms with van der Waals surface area (Å²) in [6.45, 7) is 17.8. The monoisotopic (exact) mass is 735 g/mol. The molecule has 1 aliphatic rings. The molecular weight excluding hydrogens is 667 g/mol. The first-order valence-corrected chi connectivity index (χ1v) is 20.1. The molecule has 6 unspecified atom stereocenters. The van der Waals surface area contributed by atoms with Crippen LogP contribution in [0.1, 0.15) is 119 Å². The Kier molecular flexibility index (Phi) is 26.2. The Labute approximate surface area is 309 Å². The van der Waals surface area contributed by atoms with Gasteiger partial charge in [-0.2, -0.15) is 37.9 Å². The Morgan fingerprint density at radius 2 is 0.771 bits per heavy atom. The topological polar surface area (TPSA) is 88.6 Å². The van der Waals surface area contributed by atoms with Crippen LogP contribution in [0.4, 0.5) is 0 Å². The van der Waals surface area contributed by atoms with E-state index < -0.39 is 18.3 Å². The smallest absolute Gasteiger partial charge is 0.162 e. The lowest BCUT2D eigenvalue weighted by molar-refractivity contribution is -0.133. The quantitative estimate of drug-likeness (QED) is 0.0733. The average Bonchev–Trinajstić information content (AvgIpc) is 3.00. The standard InChI is InChI=1S/C36H69N3O6S3/c1-7-10-13-34(31(40)22-28(4)46)43-19-16-37-25-38(17-20-44-35(14-11-8-2)32(41)23-29(5)47)27-39(26-37)18-21-45-36(15-12-9-3)33(42)24-30(6)48/h28-30,34-36,46-48H,7-27H2,1-6H3. The van der Waals surface area contributed by atoms with Crippen LogP contribution in [-0.2, 0) is 28.6 Å². The van der Waals surface area contributed by atoms with E-state index in [1.54, 1.807) is 0 Å². The summed E-state index contributed by atoms with van der Waals surface area (Å²) in [4.78, 5) is 45.5. The average molecular weight is 736 g/mol. The van der Waals surface area contributed by atoms with Gasteiger partial charge in [-0.05, 0) is 19.3 Å². The Hall–Kier alpha value is -0.180. The highest BCUT2D eigenvalue weighted by atomic mass is 32.1. The number of thiol groups is 3. The molecule has 0 aliphatic carbocycles. The molecule has 0 aromatic rings. The minimum absolute atomic E-state index is 0.00945. The molecule has 0 saturated carbocycles. The van der Waals surface area contributed by atoms with Crippen molar-refractivity contribution < 1.29 is 28.6 Å². The second kappa shape index (κ2) is 27.5. The van der Waals surface area contributed by atoms with Gasteiger partial charge in [0, 0.05) is 54.6 Å². The summed E-state index contributed by atoms with van der Waals surface area (Å²) in [7, 11) is 0. The van der Waals surface area contributed by atoms with E-state index in [4.69, 9.17) is 14.2 Å². The molecule has 0 spiro atoms. The summed E-state index contributed by atoms with van der Waals surface area (Å²) in [6, 6.07) is 0. The van der Waals surface area contributed by atoms with Crippen molar-refractivity contribution in [2.24, 2.45) is 0 Å². The molecule has 12 heteroatoms. The lowest BCUT2D eigenvalue weighted by Crippen LogP contribution is -2.56. The minimum atomic E-state index is -0.395. The van der Waals surface area contributed by atoms with Crippen molar-refractivity contribution >= 4 is 55.2 Å². The number of hydrogen-bond acceptors (Lipinski definition) is 12. The predicted octanol–water partition coefficient (Wildman–Crippen LogP) is 6.34. The van der Waals surface area contributed by atoms with Crippen LogP contribution in [0.2, 0.25) is 0 Å². The predicted molar refractivity (Wildman–Crippen MR) is 207 cm³/mol. The Bertz CT molecular complexity index is 767. The fraction of sp³-hybridized carbons (Fsp3) is 0.917. The van der Waals surface area contributed by atoms with E-state index in [2.05, 4.69) is 73.4 Å². The number of ether oxygens (including phenoxy) is 3. The fourth-order valence-electron chi connectivity index (χ4n) is 5.83. The largest absolute Gasteiger partial charge is 0.369 e. The highest BCUT2D eigenvalue weighted by molar-refractivity contribution is 7.81. The molecule has 0 aromatic heterocycles. The summed E-state index contributed by atoms with van der Waals surface area (Å²) < 4.78 is 18.6. The van der Waals surface area contributed by atoms with Crippen LogP contribution in [0.5, 0.6) is 0 Å². The third kappa shape index (κ3) is 21.2. The van der Waals surface area contributed by atoms with Gasteiger partial charge in [-0.1, -0.05) is 80.1 Å². The molecule has 0 aromatic carbocycles. The van der Waals surface area contributed by atoms with Gasteiger partial charge in [-0.15, -0.1) is 0 Å². The maximum Gasteiger partial charge on any atom is 0.162 e. The zero-order valence-corrected chi connectivity index (χ0v) is 33.6. The van der Waals surface area contributed by atoms with Gasteiger partial charge < -0.3 is 14.2 Å². The van der Waals surface area contributed by atoms with Gasteiger partial charge in [0.25, 0.3) is 0 Å². The summed E-state index contributed by atoms with van der Waals surface area (Å²) in [5.74, 6) is 0.378. The van der Waals surface area contributed by atoms with Gasteiger partial charge in [-0.3, -0.25) is 29.1 Å². The van der Waals surface area contributed by atoms with E-state index in [0.29, 0.717) is 58.7 Å². The molecule has 0 amide bonds. The Morgan fingerprint density at radius 3 is 0.979 bits per heavy atom.